The lowest BCUT2D eigenvalue weighted by molar-refractivity contribution is 0.409. The van der Waals surface area contributed by atoms with E-state index in [2.05, 4.69) is 40.5 Å². The van der Waals surface area contributed by atoms with E-state index in [1.807, 2.05) is 25.1 Å². The van der Waals surface area contributed by atoms with Crippen LogP contribution in [0.4, 0.5) is 0 Å². The summed E-state index contributed by atoms with van der Waals surface area (Å²) < 4.78 is 5.40. The van der Waals surface area contributed by atoms with Crippen LogP contribution < -0.4 is 15.4 Å². The molecule has 1 aromatic carbocycles. The Balaban J connectivity index is 0.00000338. The smallest absolute Gasteiger partial charge is 0.191 e. The number of benzene rings is 1. The molecule has 0 spiro atoms. The average Bonchev–Trinajstić information content (AvgIpc) is 2.92. The van der Waals surface area contributed by atoms with Crippen molar-refractivity contribution in [2.75, 3.05) is 26.7 Å². The van der Waals surface area contributed by atoms with Gasteiger partial charge in [-0.3, -0.25) is 4.99 Å². The number of hydrogen-bond donors (Lipinski definition) is 2. The van der Waals surface area contributed by atoms with Crippen LogP contribution in [0.25, 0.3) is 0 Å². The number of ether oxygens (including phenoxy) is 1. The highest BCUT2D eigenvalue weighted by molar-refractivity contribution is 14.0. The van der Waals surface area contributed by atoms with Gasteiger partial charge in [0.25, 0.3) is 0 Å². The number of rotatable bonds is 8. The van der Waals surface area contributed by atoms with E-state index >= 15 is 0 Å². The van der Waals surface area contributed by atoms with Gasteiger partial charge in [0.05, 0.1) is 17.8 Å². The van der Waals surface area contributed by atoms with Gasteiger partial charge in [0.1, 0.15) is 5.75 Å². The first kappa shape index (κ1) is 22.7. The summed E-state index contributed by atoms with van der Waals surface area (Å²) in [5.74, 6) is 1.79. The number of para-hydroxylation sites is 1. The van der Waals surface area contributed by atoms with Crippen molar-refractivity contribution in [3.8, 4) is 5.75 Å². The second-order valence-corrected chi connectivity index (χ2v) is 7.03. The lowest BCUT2D eigenvalue weighted by atomic mass is 10.1. The minimum Gasteiger partial charge on any atom is -0.496 e. The topological polar surface area (TPSA) is 58.5 Å². The van der Waals surface area contributed by atoms with Crippen molar-refractivity contribution in [1.82, 2.24) is 15.6 Å². The van der Waals surface area contributed by atoms with E-state index in [4.69, 9.17) is 4.74 Å². The normalized spacial score (nSPS) is 11.0. The molecule has 2 aromatic rings. The molecule has 0 aliphatic rings. The largest absolute Gasteiger partial charge is 0.496 e. The highest BCUT2D eigenvalue weighted by atomic mass is 127. The van der Waals surface area contributed by atoms with Gasteiger partial charge in [-0.2, -0.15) is 0 Å². The summed E-state index contributed by atoms with van der Waals surface area (Å²) in [6, 6.07) is 8.12. The second kappa shape index (κ2) is 12.1. The van der Waals surface area contributed by atoms with Gasteiger partial charge in [-0.25, -0.2) is 4.98 Å². The highest BCUT2D eigenvalue weighted by Crippen LogP contribution is 2.18. The van der Waals surface area contributed by atoms with Crippen LogP contribution in [0.15, 0.2) is 29.3 Å². The Morgan fingerprint density at radius 1 is 1.19 bits per heavy atom. The Labute approximate surface area is 177 Å². The maximum atomic E-state index is 5.40. The quantitative estimate of drug-likeness (QED) is 0.338. The molecule has 0 fully saturated rings. The zero-order valence-electron chi connectivity index (χ0n) is 16.0. The van der Waals surface area contributed by atoms with Gasteiger partial charge >= 0.3 is 0 Å². The third-order valence-electron chi connectivity index (χ3n) is 3.83. The molecule has 0 radical (unpaired) electrons. The van der Waals surface area contributed by atoms with E-state index in [9.17, 15) is 0 Å². The predicted octanol–water partition coefficient (Wildman–Crippen LogP) is 3.73. The van der Waals surface area contributed by atoms with Gasteiger partial charge in [0, 0.05) is 30.9 Å². The van der Waals surface area contributed by atoms with Crippen LogP contribution in [0.1, 0.15) is 28.1 Å². The highest BCUT2D eigenvalue weighted by Gasteiger charge is 2.05. The first-order valence-corrected chi connectivity index (χ1v) is 9.52. The fourth-order valence-electron chi connectivity index (χ4n) is 2.64. The monoisotopic (exact) mass is 488 g/mol. The van der Waals surface area contributed by atoms with E-state index in [1.165, 1.54) is 10.4 Å². The summed E-state index contributed by atoms with van der Waals surface area (Å²) in [5.41, 5.74) is 2.33. The molecule has 0 aliphatic heterocycles. The Kier molecular flexibility index (Phi) is 10.6. The van der Waals surface area contributed by atoms with Crippen molar-refractivity contribution in [1.29, 1.82) is 0 Å². The van der Waals surface area contributed by atoms with Crippen molar-refractivity contribution in [2.45, 2.75) is 33.6 Å². The fourth-order valence-corrected chi connectivity index (χ4v) is 3.57. The number of hydrogen-bond acceptors (Lipinski definition) is 4. The molecule has 0 atom stereocenters. The Morgan fingerprint density at radius 2 is 1.96 bits per heavy atom. The number of thiazole rings is 1. The fraction of sp³-hybridized carbons (Fsp3) is 0.474. The predicted molar refractivity (Wildman–Crippen MR) is 121 cm³/mol. The molecule has 1 aromatic heterocycles. The Morgan fingerprint density at radius 3 is 2.62 bits per heavy atom. The number of nitrogens with one attached hydrogen (secondary N) is 2. The van der Waals surface area contributed by atoms with Gasteiger partial charge in [-0.1, -0.05) is 18.2 Å². The van der Waals surface area contributed by atoms with E-state index < -0.39 is 0 Å². The maximum absolute atomic E-state index is 5.40. The minimum atomic E-state index is 0. The molecule has 0 saturated heterocycles. The lowest BCUT2D eigenvalue weighted by Crippen LogP contribution is -2.38. The third-order valence-corrected chi connectivity index (χ3v) is 4.96. The van der Waals surface area contributed by atoms with Crippen LogP contribution in [0.3, 0.4) is 0 Å². The second-order valence-electron chi connectivity index (χ2n) is 5.74. The SMILES string of the molecule is CCNC(=NCCc1sc(C)nc1C)NCCc1ccccc1OC.I. The average molecular weight is 488 g/mol. The van der Waals surface area contributed by atoms with Gasteiger partial charge in [-0.15, -0.1) is 35.3 Å². The molecule has 5 nitrogen and oxygen atoms in total. The van der Waals surface area contributed by atoms with E-state index in [0.29, 0.717) is 0 Å². The molecule has 144 valence electrons. The number of aromatic nitrogens is 1. The number of guanidine groups is 1. The molecular formula is C19H29IN4OS. The van der Waals surface area contributed by atoms with Crippen molar-refractivity contribution >= 4 is 41.3 Å². The van der Waals surface area contributed by atoms with Gasteiger partial charge < -0.3 is 15.4 Å². The molecule has 2 N–H and O–H groups in total. The molecule has 7 heteroatoms. The number of methoxy groups -OCH3 is 1. The van der Waals surface area contributed by atoms with Crippen LogP contribution in [0, 0.1) is 13.8 Å². The zero-order chi connectivity index (χ0) is 18.1. The molecule has 26 heavy (non-hydrogen) atoms. The number of aliphatic imine (C=N–C) groups is 1. The van der Waals surface area contributed by atoms with Crippen LogP contribution in [0.5, 0.6) is 5.75 Å². The van der Waals surface area contributed by atoms with Gasteiger partial charge in [0.15, 0.2) is 5.96 Å². The van der Waals surface area contributed by atoms with Crippen molar-refractivity contribution in [3.05, 3.63) is 45.4 Å². The molecule has 0 saturated carbocycles. The van der Waals surface area contributed by atoms with E-state index in [0.717, 1.165) is 54.9 Å². The first-order chi connectivity index (χ1) is 12.1. The minimum absolute atomic E-state index is 0. The molecule has 1 heterocycles. The van der Waals surface area contributed by atoms with Crippen LogP contribution in [-0.2, 0) is 12.8 Å². The zero-order valence-corrected chi connectivity index (χ0v) is 19.1. The molecule has 0 bridgehead atoms. The van der Waals surface area contributed by atoms with Gasteiger partial charge in [-0.05, 0) is 38.8 Å². The summed E-state index contributed by atoms with van der Waals surface area (Å²) in [5, 5.41) is 7.82. The van der Waals surface area contributed by atoms with Crippen molar-refractivity contribution < 1.29 is 4.74 Å². The Bertz CT molecular complexity index is 703. The van der Waals surface area contributed by atoms with Crippen LogP contribution in [0.2, 0.25) is 0 Å². The van der Waals surface area contributed by atoms with Crippen LogP contribution in [-0.4, -0.2) is 37.7 Å². The summed E-state index contributed by atoms with van der Waals surface area (Å²) in [4.78, 5) is 10.5. The van der Waals surface area contributed by atoms with Gasteiger partial charge in [0.2, 0.25) is 0 Å². The Hall–Kier alpha value is -1.35. The molecule has 0 amide bonds. The summed E-state index contributed by atoms with van der Waals surface area (Å²) in [6.07, 6.45) is 1.82. The van der Waals surface area contributed by atoms with E-state index in [-0.39, 0.29) is 24.0 Å². The first-order valence-electron chi connectivity index (χ1n) is 8.71. The van der Waals surface area contributed by atoms with Crippen molar-refractivity contribution in [2.24, 2.45) is 4.99 Å². The van der Waals surface area contributed by atoms with Crippen LogP contribution >= 0.6 is 35.3 Å². The maximum Gasteiger partial charge on any atom is 0.191 e. The molecule has 2 rings (SSSR count). The molecular weight excluding hydrogens is 459 g/mol. The summed E-state index contributed by atoms with van der Waals surface area (Å²) in [7, 11) is 1.71. The number of halogens is 1. The standard InChI is InChI=1S/C19H28N4OS.HI/c1-5-20-19(22-13-11-18-14(2)23-15(3)25-18)21-12-10-16-8-6-7-9-17(16)24-4;/h6-9H,5,10-13H2,1-4H3,(H2,20,21,22);1H. The number of aryl methyl sites for hydroxylation is 2. The van der Waals surface area contributed by atoms with Crippen molar-refractivity contribution in [3.63, 3.8) is 0 Å². The number of nitrogens with zero attached hydrogens (tertiary/aromatic N) is 2. The summed E-state index contributed by atoms with van der Waals surface area (Å²) in [6.45, 7) is 8.61. The molecule has 0 aliphatic carbocycles. The van der Waals surface area contributed by atoms with E-state index in [1.54, 1.807) is 18.4 Å². The lowest BCUT2D eigenvalue weighted by Gasteiger charge is -2.12. The summed E-state index contributed by atoms with van der Waals surface area (Å²) >= 11 is 1.76. The molecule has 0 unspecified atom stereocenters. The third kappa shape index (κ3) is 7.11.